The molecule has 1 aliphatic rings. The Balaban J connectivity index is 0.00000225. The molecule has 138 valence electrons. The number of aromatic nitrogens is 2. The fraction of sp³-hybridized carbons (Fsp3) is 0.400. The maximum absolute atomic E-state index is 13.6. The zero-order valence-corrected chi connectivity index (χ0v) is 14.0. The summed E-state index contributed by atoms with van der Waals surface area (Å²) in [6.45, 7) is 0.774. The molecule has 0 saturated heterocycles. The molecular weight excluding hydrogens is 421 g/mol. The van der Waals surface area contributed by atoms with E-state index in [0.717, 1.165) is 37.3 Å². The lowest BCUT2D eigenvalue weighted by Crippen LogP contribution is -3.00. The van der Waals surface area contributed by atoms with Gasteiger partial charge in [0.15, 0.2) is 0 Å². The van der Waals surface area contributed by atoms with Crippen LogP contribution in [0.4, 0.5) is 30.7 Å². The highest BCUT2D eigenvalue weighted by Crippen LogP contribution is 2.51. The Labute approximate surface area is 148 Å². The van der Waals surface area contributed by atoms with Gasteiger partial charge in [0.1, 0.15) is 5.82 Å². The largest absolute Gasteiger partial charge is 1.00 e. The van der Waals surface area contributed by atoms with Crippen LogP contribution in [-0.4, -0.2) is 21.6 Å². The van der Waals surface area contributed by atoms with Crippen molar-refractivity contribution in [1.82, 2.24) is 9.55 Å². The molecule has 0 saturated carbocycles. The van der Waals surface area contributed by atoms with Crippen molar-refractivity contribution in [3.63, 3.8) is 0 Å². The second kappa shape index (κ2) is 6.30. The molecular formula is C15H11BrF7N2-. The normalized spacial score (nSPS) is 15.0. The summed E-state index contributed by atoms with van der Waals surface area (Å²) >= 11 is 0. The first-order valence-corrected chi connectivity index (χ1v) is 7.03. The van der Waals surface area contributed by atoms with E-state index >= 15 is 0 Å². The zero-order valence-electron chi connectivity index (χ0n) is 12.4. The van der Waals surface area contributed by atoms with Gasteiger partial charge in [0.05, 0.1) is 5.69 Å². The van der Waals surface area contributed by atoms with Crippen molar-refractivity contribution < 1.29 is 47.7 Å². The Morgan fingerprint density at radius 3 is 2.04 bits per heavy atom. The van der Waals surface area contributed by atoms with Crippen molar-refractivity contribution in [2.45, 2.75) is 37.4 Å². The van der Waals surface area contributed by atoms with Gasteiger partial charge < -0.3 is 21.5 Å². The number of halogens is 8. The lowest BCUT2D eigenvalue weighted by atomic mass is 10.00. The van der Waals surface area contributed by atoms with Crippen molar-refractivity contribution in [1.29, 1.82) is 0 Å². The van der Waals surface area contributed by atoms with Crippen LogP contribution in [-0.2, 0) is 18.9 Å². The zero-order chi connectivity index (χ0) is 17.8. The molecule has 0 N–H and O–H groups in total. The maximum Gasteiger partial charge on any atom is 0.460 e. The SMILES string of the molecule is FC(F)(F)C(F)(F)C(F)(F)c1ccc(-c2cn3c(n2)CCC3)cc1.[Br-]. The highest BCUT2D eigenvalue weighted by molar-refractivity contribution is 5.59. The minimum absolute atomic E-state index is 0. The second-order valence-electron chi connectivity index (χ2n) is 5.56. The fourth-order valence-corrected chi connectivity index (χ4v) is 2.60. The number of rotatable bonds is 3. The van der Waals surface area contributed by atoms with Gasteiger partial charge in [0.2, 0.25) is 0 Å². The van der Waals surface area contributed by atoms with Gasteiger partial charge in [-0.2, -0.15) is 30.7 Å². The average molecular weight is 432 g/mol. The van der Waals surface area contributed by atoms with Crippen LogP contribution in [0.15, 0.2) is 30.5 Å². The predicted octanol–water partition coefficient (Wildman–Crippen LogP) is 1.79. The Hall–Kier alpha value is -1.58. The van der Waals surface area contributed by atoms with Crippen LogP contribution in [0.25, 0.3) is 11.3 Å². The van der Waals surface area contributed by atoms with E-state index in [2.05, 4.69) is 4.98 Å². The number of alkyl halides is 7. The van der Waals surface area contributed by atoms with Crippen LogP contribution in [0.2, 0.25) is 0 Å². The summed E-state index contributed by atoms with van der Waals surface area (Å²) in [6, 6.07) is 3.26. The predicted molar refractivity (Wildman–Crippen MR) is 70.9 cm³/mol. The fourth-order valence-electron chi connectivity index (χ4n) is 2.60. The van der Waals surface area contributed by atoms with E-state index < -0.39 is 23.6 Å². The summed E-state index contributed by atoms with van der Waals surface area (Å²) in [5, 5.41) is 0. The molecule has 0 fully saturated rings. The van der Waals surface area contributed by atoms with E-state index in [1.807, 2.05) is 4.57 Å². The number of imidazole rings is 1. The molecule has 10 heteroatoms. The standard InChI is InChI=1S/C15H11F7N2.BrH/c16-13(17,14(18,19)15(20,21)22)10-5-3-9(4-6-10)11-8-24-7-1-2-12(24)23-11;/h3-6,8H,1-2,7H2;1H/p-1. The lowest BCUT2D eigenvalue weighted by Gasteiger charge is -2.28. The van der Waals surface area contributed by atoms with Crippen LogP contribution < -0.4 is 17.0 Å². The Morgan fingerprint density at radius 1 is 0.920 bits per heavy atom. The highest BCUT2D eigenvalue weighted by Gasteiger charge is 2.73. The summed E-state index contributed by atoms with van der Waals surface area (Å²) in [5.74, 6) is -10.7. The Kier molecular flexibility index (Phi) is 4.97. The van der Waals surface area contributed by atoms with E-state index in [1.165, 1.54) is 0 Å². The maximum atomic E-state index is 13.6. The summed E-state index contributed by atoms with van der Waals surface area (Å²) in [6.07, 6.45) is -2.94. The van der Waals surface area contributed by atoms with Gasteiger partial charge >= 0.3 is 18.0 Å². The second-order valence-corrected chi connectivity index (χ2v) is 5.56. The van der Waals surface area contributed by atoms with E-state index in [-0.39, 0.29) is 17.0 Å². The van der Waals surface area contributed by atoms with Crippen molar-refractivity contribution in [3.8, 4) is 11.3 Å². The van der Waals surface area contributed by atoms with Gasteiger partial charge in [-0.3, -0.25) is 0 Å². The highest BCUT2D eigenvalue weighted by atomic mass is 79.9. The summed E-state index contributed by atoms with van der Waals surface area (Å²) in [5.41, 5.74) is -0.575. The number of fused-ring (bicyclic) bond motifs is 1. The van der Waals surface area contributed by atoms with Crippen LogP contribution in [0.3, 0.4) is 0 Å². The van der Waals surface area contributed by atoms with Gasteiger partial charge in [0, 0.05) is 30.3 Å². The van der Waals surface area contributed by atoms with Crippen molar-refractivity contribution in [3.05, 3.63) is 41.9 Å². The molecule has 1 aliphatic heterocycles. The van der Waals surface area contributed by atoms with E-state index in [4.69, 9.17) is 0 Å². The summed E-state index contributed by atoms with van der Waals surface area (Å²) in [7, 11) is 0. The minimum atomic E-state index is -6.35. The average Bonchev–Trinajstić information content (AvgIpc) is 3.07. The van der Waals surface area contributed by atoms with Crippen LogP contribution >= 0.6 is 0 Å². The molecule has 0 atom stereocenters. The first-order chi connectivity index (χ1) is 11.0. The third-order valence-corrected chi connectivity index (χ3v) is 3.95. The van der Waals surface area contributed by atoms with Crippen molar-refractivity contribution in [2.24, 2.45) is 0 Å². The topological polar surface area (TPSA) is 17.8 Å². The van der Waals surface area contributed by atoms with E-state index in [0.29, 0.717) is 23.4 Å². The number of nitrogens with zero attached hydrogens (tertiary/aromatic N) is 2. The summed E-state index contributed by atoms with van der Waals surface area (Å²) < 4.78 is 91.8. The third-order valence-electron chi connectivity index (χ3n) is 3.95. The molecule has 0 aliphatic carbocycles. The van der Waals surface area contributed by atoms with Crippen molar-refractivity contribution >= 4 is 0 Å². The molecule has 2 aromatic rings. The van der Waals surface area contributed by atoms with Gasteiger partial charge in [-0.05, 0) is 6.42 Å². The van der Waals surface area contributed by atoms with E-state index in [1.54, 1.807) is 6.20 Å². The Morgan fingerprint density at radius 2 is 1.52 bits per heavy atom. The Bertz CT molecular complexity index is 729. The van der Waals surface area contributed by atoms with Crippen LogP contribution in [0.1, 0.15) is 17.8 Å². The molecule has 2 nitrogen and oxygen atoms in total. The van der Waals surface area contributed by atoms with Gasteiger partial charge in [-0.15, -0.1) is 0 Å². The third kappa shape index (κ3) is 3.16. The number of hydrogen-bond acceptors (Lipinski definition) is 1. The van der Waals surface area contributed by atoms with Gasteiger partial charge in [-0.1, -0.05) is 24.3 Å². The molecule has 0 spiro atoms. The quantitative estimate of drug-likeness (QED) is 0.677. The first-order valence-electron chi connectivity index (χ1n) is 7.03. The molecule has 0 unspecified atom stereocenters. The molecule has 0 radical (unpaired) electrons. The smallest absolute Gasteiger partial charge is 0.460 e. The van der Waals surface area contributed by atoms with Crippen LogP contribution in [0.5, 0.6) is 0 Å². The van der Waals surface area contributed by atoms with Gasteiger partial charge in [0.25, 0.3) is 0 Å². The molecule has 25 heavy (non-hydrogen) atoms. The lowest BCUT2D eigenvalue weighted by molar-refractivity contribution is -0.359. The number of benzene rings is 1. The first kappa shape index (κ1) is 19.7. The molecule has 0 amide bonds. The number of aryl methyl sites for hydroxylation is 2. The molecule has 3 rings (SSSR count). The molecule has 1 aromatic carbocycles. The summed E-state index contributed by atoms with van der Waals surface area (Å²) in [4.78, 5) is 4.29. The molecule has 2 heterocycles. The monoisotopic (exact) mass is 431 g/mol. The number of hydrogen-bond donors (Lipinski definition) is 0. The molecule has 1 aromatic heterocycles. The van der Waals surface area contributed by atoms with Crippen LogP contribution in [0, 0.1) is 0 Å². The van der Waals surface area contributed by atoms with E-state index in [9.17, 15) is 30.7 Å². The van der Waals surface area contributed by atoms with Crippen molar-refractivity contribution in [2.75, 3.05) is 0 Å². The van der Waals surface area contributed by atoms with Gasteiger partial charge in [-0.25, -0.2) is 4.98 Å². The molecule has 0 bridgehead atoms. The minimum Gasteiger partial charge on any atom is -1.00 e.